The van der Waals surface area contributed by atoms with Gasteiger partial charge >= 0.3 is 0 Å². The molecule has 0 radical (unpaired) electrons. The molecule has 2 aromatic rings. The highest BCUT2D eigenvalue weighted by atomic mass is 35.5. The maximum Gasteiger partial charge on any atom is 0.232 e. The van der Waals surface area contributed by atoms with Crippen LogP contribution in [0.25, 0.3) is 0 Å². The molecule has 0 spiro atoms. The second-order valence-corrected chi connectivity index (χ2v) is 10.2. The standard InChI is InChI=1S/C23H29ClN3O5S/c1-29-23-19(24)12-16(14-25-23)27-9-10-31-21-5-4-17(13-20(21)27)32-18-6-8-26(15-18)22(28)7-11-33(3)30-2/h4-5,12-14,18H,6-11,15H2,1-3H3/q+1. The molecule has 1 saturated heterocycles. The molecule has 4 rings (SSSR count). The van der Waals surface area contributed by atoms with Crippen LogP contribution < -0.4 is 19.1 Å². The minimum atomic E-state index is -0.177. The van der Waals surface area contributed by atoms with Crippen LogP contribution in [0.2, 0.25) is 5.02 Å². The van der Waals surface area contributed by atoms with Crippen molar-refractivity contribution in [1.82, 2.24) is 9.88 Å². The first kappa shape index (κ1) is 23.8. The highest BCUT2D eigenvalue weighted by Gasteiger charge is 2.29. The Morgan fingerprint density at radius 3 is 2.91 bits per heavy atom. The van der Waals surface area contributed by atoms with Gasteiger partial charge in [0, 0.05) is 19.0 Å². The van der Waals surface area contributed by atoms with E-state index in [0.717, 1.165) is 35.0 Å². The number of benzene rings is 1. The highest BCUT2D eigenvalue weighted by molar-refractivity contribution is 7.91. The zero-order valence-corrected chi connectivity index (χ0v) is 20.7. The Kier molecular flexibility index (Phi) is 7.72. The summed E-state index contributed by atoms with van der Waals surface area (Å²) in [5.41, 5.74) is 1.74. The van der Waals surface area contributed by atoms with Gasteiger partial charge in [0.2, 0.25) is 11.8 Å². The fourth-order valence-corrected chi connectivity index (χ4v) is 4.83. The van der Waals surface area contributed by atoms with E-state index in [1.54, 1.807) is 20.4 Å². The summed E-state index contributed by atoms with van der Waals surface area (Å²) in [5, 5.41) is 0.451. The third kappa shape index (κ3) is 5.59. The Morgan fingerprint density at radius 1 is 1.30 bits per heavy atom. The van der Waals surface area contributed by atoms with Crippen LogP contribution in [0, 0.1) is 0 Å². The van der Waals surface area contributed by atoms with Gasteiger partial charge in [-0.1, -0.05) is 11.6 Å². The molecular weight excluding hydrogens is 466 g/mol. The predicted molar refractivity (Wildman–Crippen MR) is 130 cm³/mol. The van der Waals surface area contributed by atoms with Crippen molar-refractivity contribution in [3.8, 4) is 17.4 Å². The maximum atomic E-state index is 12.5. The second kappa shape index (κ2) is 10.7. The molecule has 0 saturated carbocycles. The van der Waals surface area contributed by atoms with Gasteiger partial charge in [-0.15, -0.1) is 0 Å². The van der Waals surface area contributed by atoms with Crippen LogP contribution in [0.5, 0.6) is 17.4 Å². The molecule has 10 heteroatoms. The fourth-order valence-electron chi connectivity index (χ4n) is 3.97. The maximum absolute atomic E-state index is 12.5. The first-order valence-corrected chi connectivity index (χ1v) is 12.9. The molecule has 178 valence electrons. The number of pyridine rings is 1. The average Bonchev–Trinajstić information content (AvgIpc) is 3.30. The number of anilines is 2. The van der Waals surface area contributed by atoms with Gasteiger partial charge in [-0.05, 0) is 18.2 Å². The van der Waals surface area contributed by atoms with E-state index in [1.807, 2.05) is 35.4 Å². The average molecular weight is 495 g/mol. The Balaban J connectivity index is 1.43. The molecule has 1 fully saturated rings. The summed E-state index contributed by atoms with van der Waals surface area (Å²) >= 11 is 6.12. The van der Waals surface area contributed by atoms with Crippen LogP contribution in [0.1, 0.15) is 12.8 Å². The van der Waals surface area contributed by atoms with Crippen LogP contribution in [0.15, 0.2) is 30.5 Å². The van der Waals surface area contributed by atoms with E-state index < -0.39 is 0 Å². The number of hydrogen-bond donors (Lipinski definition) is 0. The van der Waals surface area contributed by atoms with Gasteiger partial charge in [0.05, 0.1) is 51.3 Å². The van der Waals surface area contributed by atoms with Crippen LogP contribution in [-0.4, -0.2) is 74.4 Å². The van der Waals surface area contributed by atoms with E-state index >= 15 is 0 Å². The zero-order valence-electron chi connectivity index (χ0n) is 19.1. The quantitative estimate of drug-likeness (QED) is 0.520. The number of ether oxygens (including phenoxy) is 3. The van der Waals surface area contributed by atoms with E-state index in [9.17, 15) is 4.79 Å². The second-order valence-electron chi connectivity index (χ2n) is 7.88. The predicted octanol–water partition coefficient (Wildman–Crippen LogP) is 3.45. The zero-order chi connectivity index (χ0) is 23.4. The van der Waals surface area contributed by atoms with Crippen LogP contribution in [0.3, 0.4) is 0 Å². The first-order valence-electron chi connectivity index (χ1n) is 10.8. The number of halogens is 1. The fraction of sp³-hybridized carbons (Fsp3) is 0.478. The number of amides is 1. The summed E-state index contributed by atoms with van der Waals surface area (Å²) in [4.78, 5) is 20.8. The molecule has 2 unspecified atom stereocenters. The molecule has 0 aliphatic carbocycles. The number of hydrogen-bond acceptors (Lipinski definition) is 7. The van der Waals surface area contributed by atoms with Gasteiger partial charge in [0.1, 0.15) is 52.4 Å². The van der Waals surface area contributed by atoms with Gasteiger partial charge in [0.25, 0.3) is 0 Å². The minimum absolute atomic E-state index is 0.0376. The van der Waals surface area contributed by atoms with Gasteiger partial charge in [-0.2, -0.15) is 4.18 Å². The van der Waals surface area contributed by atoms with Crippen molar-refractivity contribution in [1.29, 1.82) is 0 Å². The third-order valence-electron chi connectivity index (χ3n) is 5.78. The summed E-state index contributed by atoms with van der Waals surface area (Å²) < 4.78 is 22.5. The molecule has 1 aromatic heterocycles. The molecule has 2 aliphatic rings. The molecule has 3 heterocycles. The molecule has 0 bridgehead atoms. The third-order valence-corrected chi connectivity index (χ3v) is 7.40. The summed E-state index contributed by atoms with van der Waals surface area (Å²) in [6, 6.07) is 7.63. The molecule has 1 aromatic carbocycles. The Bertz CT molecular complexity index is 995. The Morgan fingerprint density at radius 2 is 2.15 bits per heavy atom. The Hall–Kier alpha value is -2.36. The lowest BCUT2D eigenvalue weighted by Crippen LogP contribution is -2.32. The van der Waals surface area contributed by atoms with Crippen LogP contribution in [-0.2, 0) is 20.2 Å². The van der Waals surface area contributed by atoms with Crippen molar-refractivity contribution < 1.29 is 23.2 Å². The normalized spacial score (nSPS) is 18.5. The summed E-state index contributed by atoms with van der Waals surface area (Å²) in [5.74, 6) is 2.82. The number of carbonyl (C=O) groups excluding carboxylic acids is 1. The van der Waals surface area contributed by atoms with Gasteiger partial charge in [0.15, 0.2) is 0 Å². The number of aromatic nitrogens is 1. The molecule has 33 heavy (non-hydrogen) atoms. The van der Waals surface area contributed by atoms with E-state index in [-0.39, 0.29) is 23.2 Å². The van der Waals surface area contributed by atoms with Crippen molar-refractivity contribution >= 4 is 40.1 Å². The number of methoxy groups -OCH3 is 1. The summed E-state index contributed by atoms with van der Waals surface area (Å²) in [6.45, 7) is 2.52. The number of rotatable bonds is 8. The largest absolute Gasteiger partial charge is 0.490 e. The first-order chi connectivity index (χ1) is 16.0. The molecule has 8 nitrogen and oxygen atoms in total. The van der Waals surface area contributed by atoms with Crippen molar-refractivity contribution in [2.75, 3.05) is 57.4 Å². The number of likely N-dealkylation sites (tertiary alicyclic amines) is 1. The molecular formula is C23H29ClN3O5S+. The van der Waals surface area contributed by atoms with E-state index in [0.29, 0.717) is 43.6 Å². The molecule has 1 amide bonds. The SMILES string of the molecule is COc1ncc(N2CCOc3ccc(OC4CCN(C(=O)CC[S+](C)OC)C4)cc32)cc1Cl. The van der Waals surface area contributed by atoms with Crippen molar-refractivity contribution in [2.24, 2.45) is 0 Å². The summed E-state index contributed by atoms with van der Waals surface area (Å²) in [6.07, 6.45) is 5.01. The van der Waals surface area contributed by atoms with Gasteiger partial charge < -0.3 is 24.0 Å². The van der Waals surface area contributed by atoms with Crippen LogP contribution in [0.4, 0.5) is 11.4 Å². The van der Waals surface area contributed by atoms with Gasteiger partial charge in [-0.25, -0.2) is 4.98 Å². The lowest BCUT2D eigenvalue weighted by molar-refractivity contribution is -0.130. The lowest BCUT2D eigenvalue weighted by atomic mass is 10.2. The lowest BCUT2D eigenvalue weighted by Gasteiger charge is -2.31. The van der Waals surface area contributed by atoms with Crippen molar-refractivity contribution in [3.05, 3.63) is 35.5 Å². The number of fused-ring (bicyclic) bond motifs is 1. The molecule has 0 N–H and O–H groups in total. The molecule has 2 atom stereocenters. The van der Waals surface area contributed by atoms with E-state index in [4.69, 9.17) is 30.0 Å². The minimum Gasteiger partial charge on any atom is -0.490 e. The Labute approximate surface area is 202 Å². The number of nitrogens with zero attached hydrogens (tertiary/aromatic N) is 3. The topological polar surface area (TPSA) is 73.4 Å². The van der Waals surface area contributed by atoms with E-state index in [2.05, 4.69) is 9.88 Å². The van der Waals surface area contributed by atoms with E-state index in [1.165, 1.54) is 0 Å². The van der Waals surface area contributed by atoms with Crippen LogP contribution >= 0.6 is 11.6 Å². The van der Waals surface area contributed by atoms with Gasteiger partial charge in [-0.3, -0.25) is 4.79 Å². The molecule has 2 aliphatic heterocycles. The highest BCUT2D eigenvalue weighted by Crippen LogP contribution is 2.40. The summed E-state index contributed by atoms with van der Waals surface area (Å²) in [7, 11) is 3.22. The smallest absolute Gasteiger partial charge is 0.232 e. The monoisotopic (exact) mass is 494 g/mol. The van der Waals surface area contributed by atoms with Crippen molar-refractivity contribution in [3.63, 3.8) is 0 Å². The number of carbonyl (C=O) groups is 1. The van der Waals surface area contributed by atoms with Crippen molar-refractivity contribution in [2.45, 2.75) is 18.9 Å².